The number of phenols is 1. The minimum absolute atomic E-state index is 0.0252. The molecule has 0 atom stereocenters. The monoisotopic (exact) mass is 248 g/mol. The van der Waals surface area contributed by atoms with E-state index in [9.17, 15) is 9.90 Å². The molecule has 0 saturated carbocycles. The van der Waals surface area contributed by atoms with Gasteiger partial charge in [0.15, 0.2) is 0 Å². The molecule has 0 aliphatic rings. The molecule has 0 spiro atoms. The summed E-state index contributed by atoms with van der Waals surface area (Å²) in [6.45, 7) is 0. The SMILES string of the molecule is O=C(O)c1ccc(O)c(-c2cccc(Cl)c2)c1. The lowest BCUT2D eigenvalue weighted by atomic mass is 10.0. The number of carboxylic acid groups (broad SMARTS) is 1. The largest absolute Gasteiger partial charge is 0.507 e. The van der Waals surface area contributed by atoms with E-state index in [4.69, 9.17) is 16.7 Å². The smallest absolute Gasteiger partial charge is 0.335 e. The summed E-state index contributed by atoms with van der Waals surface area (Å²) < 4.78 is 0. The molecule has 3 nitrogen and oxygen atoms in total. The molecule has 0 aromatic heterocycles. The highest BCUT2D eigenvalue weighted by Gasteiger charge is 2.09. The maximum absolute atomic E-state index is 10.9. The van der Waals surface area contributed by atoms with Crippen LogP contribution in [0.25, 0.3) is 11.1 Å². The molecule has 17 heavy (non-hydrogen) atoms. The van der Waals surface area contributed by atoms with Crippen LogP contribution < -0.4 is 0 Å². The van der Waals surface area contributed by atoms with Crippen LogP contribution >= 0.6 is 11.6 Å². The van der Waals surface area contributed by atoms with Crippen molar-refractivity contribution in [2.24, 2.45) is 0 Å². The Morgan fingerprint density at radius 3 is 2.53 bits per heavy atom. The molecule has 2 aromatic rings. The first-order chi connectivity index (χ1) is 8.08. The van der Waals surface area contributed by atoms with Gasteiger partial charge in [0.1, 0.15) is 5.75 Å². The zero-order valence-electron chi connectivity index (χ0n) is 8.72. The summed E-state index contributed by atoms with van der Waals surface area (Å²) in [5.41, 5.74) is 1.25. The maximum Gasteiger partial charge on any atom is 0.335 e. The lowest BCUT2D eigenvalue weighted by molar-refractivity contribution is 0.0697. The van der Waals surface area contributed by atoms with E-state index in [1.807, 2.05) is 0 Å². The van der Waals surface area contributed by atoms with E-state index in [0.717, 1.165) is 0 Å². The van der Waals surface area contributed by atoms with Gasteiger partial charge in [-0.15, -0.1) is 0 Å². The molecule has 4 heteroatoms. The molecule has 2 aromatic carbocycles. The quantitative estimate of drug-likeness (QED) is 0.856. The Kier molecular flexibility index (Phi) is 3.02. The van der Waals surface area contributed by atoms with Crippen LogP contribution in [-0.2, 0) is 0 Å². The van der Waals surface area contributed by atoms with Crippen molar-refractivity contribution in [1.82, 2.24) is 0 Å². The van der Waals surface area contributed by atoms with Crippen LogP contribution in [0.3, 0.4) is 0 Å². The number of rotatable bonds is 2. The minimum Gasteiger partial charge on any atom is -0.507 e. The van der Waals surface area contributed by atoms with Gasteiger partial charge in [-0.2, -0.15) is 0 Å². The molecule has 0 heterocycles. The molecule has 0 radical (unpaired) electrons. The summed E-state index contributed by atoms with van der Waals surface area (Å²) in [6, 6.07) is 11.0. The van der Waals surface area contributed by atoms with Crippen LogP contribution in [-0.4, -0.2) is 16.2 Å². The molecule has 2 N–H and O–H groups in total. The standard InChI is InChI=1S/C13H9ClO3/c14-10-3-1-2-8(6-10)11-7-9(13(16)17)4-5-12(11)15/h1-7,15H,(H,16,17). The first-order valence-corrected chi connectivity index (χ1v) is 5.28. The Morgan fingerprint density at radius 1 is 1.12 bits per heavy atom. The van der Waals surface area contributed by atoms with E-state index in [2.05, 4.69) is 0 Å². The normalized spacial score (nSPS) is 10.2. The molecule has 86 valence electrons. The van der Waals surface area contributed by atoms with Crippen molar-refractivity contribution in [3.05, 3.63) is 53.1 Å². The minimum atomic E-state index is -1.03. The second kappa shape index (κ2) is 4.47. The summed E-state index contributed by atoms with van der Waals surface area (Å²) in [5, 5.41) is 19.1. The van der Waals surface area contributed by atoms with Crippen LogP contribution in [0, 0.1) is 0 Å². The highest BCUT2D eigenvalue weighted by Crippen LogP contribution is 2.31. The Bertz CT molecular complexity index is 579. The van der Waals surface area contributed by atoms with Gasteiger partial charge in [0.2, 0.25) is 0 Å². The number of aromatic hydroxyl groups is 1. The zero-order chi connectivity index (χ0) is 12.4. The third-order valence-corrected chi connectivity index (χ3v) is 2.61. The van der Waals surface area contributed by atoms with Gasteiger partial charge in [-0.1, -0.05) is 23.7 Å². The third-order valence-electron chi connectivity index (χ3n) is 2.38. The molecule has 0 fully saturated rings. The van der Waals surface area contributed by atoms with Crippen LogP contribution in [0.15, 0.2) is 42.5 Å². The topological polar surface area (TPSA) is 57.5 Å². The van der Waals surface area contributed by atoms with Crippen molar-refractivity contribution in [3.8, 4) is 16.9 Å². The van der Waals surface area contributed by atoms with Crippen molar-refractivity contribution in [3.63, 3.8) is 0 Å². The predicted octanol–water partition coefficient (Wildman–Crippen LogP) is 3.41. The number of hydrogen-bond donors (Lipinski definition) is 2. The Morgan fingerprint density at radius 2 is 1.88 bits per heavy atom. The molecule has 2 rings (SSSR count). The molecule has 0 amide bonds. The number of aromatic carboxylic acids is 1. The lowest BCUT2D eigenvalue weighted by Crippen LogP contribution is -1.96. The van der Waals surface area contributed by atoms with E-state index < -0.39 is 5.97 Å². The van der Waals surface area contributed by atoms with Gasteiger partial charge in [-0.05, 0) is 35.9 Å². The summed E-state index contributed by atoms with van der Waals surface area (Å²) in [5.74, 6) is -1.01. The second-order valence-corrected chi connectivity index (χ2v) is 3.98. The lowest BCUT2D eigenvalue weighted by Gasteiger charge is -2.06. The number of carboxylic acids is 1. The van der Waals surface area contributed by atoms with Gasteiger partial charge in [0, 0.05) is 10.6 Å². The third kappa shape index (κ3) is 2.40. The molecule has 0 unspecified atom stereocenters. The molecule has 0 aliphatic heterocycles. The maximum atomic E-state index is 10.9. The Hall–Kier alpha value is -2.00. The van der Waals surface area contributed by atoms with E-state index in [1.165, 1.54) is 18.2 Å². The number of benzene rings is 2. The average Bonchev–Trinajstić information content (AvgIpc) is 2.29. The Labute approximate surface area is 103 Å². The van der Waals surface area contributed by atoms with Crippen molar-refractivity contribution in [2.75, 3.05) is 0 Å². The summed E-state index contributed by atoms with van der Waals surface area (Å²) in [7, 11) is 0. The van der Waals surface area contributed by atoms with E-state index in [0.29, 0.717) is 16.1 Å². The van der Waals surface area contributed by atoms with E-state index in [-0.39, 0.29) is 11.3 Å². The molecular weight excluding hydrogens is 240 g/mol. The zero-order valence-corrected chi connectivity index (χ0v) is 9.48. The highest BCUT2D eigenvalue weighted by atomic mass is 35.5. The first-order valence-electron chi connectivity index (χ1n) is 4.90. The van der Waals surface area contributed by atoms with Crippen molar-refractivity contribution in [1.29, 1.82) is 0 Å². The van der Waals surface area contributed by atoms with Crippen LogP contribution in [0.4, 0.5) is 0 Å². The summed E-state index contributed by atoms with van der Waals surface area (Å²) >= 11 is 5.85. The van der Waals surface area contributed by atoms with Gasteiger partial charge in [-0.25, -0.2) is 4.79 Å². The van der Waals surface area contributed by atoms with Gasteiger partial charge in [0.25, 0.3) is 0 Å². The van der Waals surface area contributed by atoms with Gasteiger partial charge in [-0.3, -0.25) is 0 Å². The Balaban J connectivity index is 2.58. The number of halogens is 1. The fourth-order valence-electron chi connectivity index (χ4n) is 1.56. The molecule has 0 aliphatic carbocycles. The van der Waals surface area contributed by atoms with Gasteiger partial charge in [0.05, 0.1) is 5.56 Å². The fraction of sp³-hybridized carbons (Fsp3) is 0. The van der Waals surface area contributed by atoms with E-state index >= 15 is 0 Å². The average molecular weight is 249 g/mol. The van der Waals surface area contributed by atoms with Crippen molar-refractivity contribution < 1.29 is 15.0 Å². The predicted molar refractivity (Wildman–Crippen MR) is 65.5 cm³/mol. The van der Waals surface area contributed by atoms with Gasteiger partial charge < -0.3 is 10.2 Å². The highest BCUT2D eigenvalue weighted by molar-refractivity contribution is 6.30. The summed E-state index contributed by atoms with van der Waals surface area (Å²) in [4.78, 5) is 10.9. The molecule has 0 saturated heterocycles. The van der Waals surface area contributed by atoms with Crippen molar-refractivity contribution in [2.45, 2.75) is 0 Å². The van der Waals surface area contributed by atoms with Crippen LogP contribution in [0.1, 0.15) is 10.4 Å². The van der Waals surface area contributed by atoms with Crippen molar-refractivity contribution >= 4 is 17.6 Å². The molecular formula is C13H9ClO3. The molecule has 0 bridgehead atoms. The first kappa shape index (κ1) is 11.5. The number of carbonyl (C=O) groups is 1. The van der Waals surface area contributed by atoms with E-state index in [1.54, 1.807) is 24.3 Å². The second-order valence-electron chi connectivity index (χ2n) is 3.55. The fourth-order valence-corrected chi connectivity index (χ4v) is 1.75. The summed E-state index contributed by atoms with van der Waals surface area (Å²) in [6.07, 6.45) is 0. The van der Waals surface area contributed by atoms with Crippen LogP contribution in [0.2, 0.25) is 5.02 Å². The number of phenolic OH excluding ortho intramolecular Hbond substituents is 1. The van der Waals surface area contributed by atoms with Crippen LogP contribution in [0.5, 0.6) is 5.75 Å². The van der Waals surface area contributed by atoms with Gasteiger partial charge >= 0.3 is 5.97 Å². The number of hydrogen-bond acceptors (Lipinski definition) is 2.